The summed E-state index contributed by atoms with van der Waals surface area (Å²) in [6.45, 7) is 5.03. The van der Waals surface area contributed by atoms with E-state index in [0.29, 0.717) is 34.4 Å². The first-order chi connectivity index (χ1) is 12.9. The third-order valence-corrected chi connectivity index (χ3v) is 5.11. The standard InChI is InChI=1S/C19H20N2O5S/c1-4-25-18(24)16-11(2)20-19-21(15(23)9-10-27-19)17(16)13-5-7-14(8-6-13)26-12(3)22/h5-8,17H,4,9-10H2,1-3H3. The zero-order valence-electron chi connectivity index (χ0n) is 15.4. The second kappa shape index (κ2) is 7.96. The van der Waals surface area contributed by atoms with Crippen LogP contribution in [0.4, 0.5) is 0 Å². The zero-order valence-corrected chi connectivity index (χ0v) is 16.2. The fourth-order valence-corrected chi connectivity index (χ4v) is 4.07. The van der Waals surface area contributed by atoms with Gasteiger partial charge in [0.25, 0.3) is 0 Å². The van der Waals surface area contributed by atoms with E-state index in [1.54, 1.807) is 43.0 Å². The SMILES string of the molecule is CCOC(=O)C1=C(C)N=C2SCCC(=O)N2C1c1ccc(OC(C)=O)cc1. The van der Waals surface area contributed by atoms with E-state index in [1.807, 2.05) is 0 Å². The Morgan fingerprint density at radius 1 is 1.30 bits per heavy atom. The molecule has 1 aromatic rings. The third-order valence-electron chi connectivity index (χ3n) is 4.16. The van der Waals surface area contributed by atoms with Crippen LogP contribution in [-0.2, 0) is 19.1 Å². The average molecular weight is 388 g/mol. The maximum absolute atomic E-state index is 12.6. The number of carbonyl (C=O) groups excluding carboxylic acids is 3. The van der Waals surface area contributed by atoms with Gasteiger partial charge in [0.15, 0.2) is 5.17 Å². The summed E-state index contributed by atoms with van der Waals surface area (Å²) in [6.07, 6.45) is 0.376. The number of hydrogen-bond acceptors (Lipinski definition) is 7. The Hall–Kier alpha value is -2.61. The normalized spacial score (nSPS) is 19.4. The van der Waals surface area contributed by atoms with E-state index in [4.69, 9.17) is 9.47 Å². The molecule has 1 amide bonds. The molecule has 2 aliphatic heterocycles. The number of fused-ring (bicyclic) bond motifs is 1. The number of nitrogens with zero attached hydrogens (tertiary/aromatic N) is 2. The van der Waals surface area contributed by atoms with Gasteiger partial charge in [-0.3, -0.25) is 14.5 Å². The first-order valence-electron chi connectivity index (χ1n) is 8.62. The first kappa shape index (κ1) is 19.2. The molecule has 1 unspecified atom stereocenters. The van der Waals surface area contributed by atoms with Crippen LogP contribution in [0.15, 0.2) is 40.5 Å². The van der Waals surface area contributed by atoms with Crippen molar-refractivity contribution >= 4 is 34.8 Å². The van der Waals surface area contributed by atoms with Crippen molar-refractivity contribution in [2.24, 2.45) is 4.99 Å². The fraction of sp³-hybridized carbons (Fsp3) is 0.368. The Bertz CT molecular complexity index is 844. The van der Waals surface area contributed by atoms with E-state index < -0.39 is 18.0 Å². The zero-order chi connectivity index (χ0) is 19.6. The van der Waals surface area contributed by atoms with Gasteiger partial charge in [-0.25, -0.2) is 9.79 Å². The number of thioether (sulfide) groups is 1. The van der Waals surface area contributed by atoms with E-state index in [0.717, 1.165) is 5.56 Å². The molecule has 1 fully saturated rings. The molecule has 1 saturated heterocycles. The second-order valence-electron chi connectivity index (χ2n) is 6.04. The molecule has 0 radical (unpaired) electrons. The summed E-state index contributed by atoms with van der Waals surface area (Å²) in [5.74, 6) is 0.0639. The highest BCUT2D eigenvalue weighted by molar-refractivity contribution is 8.14. The molecule has 142 valence electrons. The van der Waals surface area contributed by atoms with Gasteiger partial charge in [-0.15, -0.1) is 0 Å². The molecule has 3 rings (SSSR count). The molecule has 1 atom stereocenters. The molecular formula is C19H20N2O5S. The number of ether oxygens (including phenoxy) is 2. The van der Waals surface area contributed by atoms with Crippen LogP contribution < -0.4 is 4.74 Å². The lowest BCUT2D eigenvalue weighted by atomic mass is 9.94. The smallest absolute Gasteiger partial charge is 0.338 e. The van der Waals surface area contributed by atoms with Crippen LogP contribution in [0.1, 0.15) is 38.8 Å². The Morgan fingerprint density at radius 3 is 2.63 bits per heavy atom. The lowest BCUT2D eigenvalue weighted by molar-refractivity contribution is -0.139. The number of benzene rings is 1. The van der Waals surface area contributed by atoms with Crippen molar-refractivity contribution in [1.82, 2.24) is 4.90 Å². The molecule has 0 N–H and O–H groups in total. The number of amides is 1. The highest BCUT2D eigenvalue weighted by Crippen LogP contribution is 2.40. The second-order valence-corrected chi connectivity index (χ2v) is 7.10. The van der Waals surface area contributed by atoms with Crippen molar-refractivity contribution in [2.45, 2.75) is 33.2 Å². The summed E-state index contributed by atoms with van der Waals surface area (Å²) >= 11 is 1.49. The highest BCUT2D eigenvalue weighted by Gasteiger charge is 2.41. The predicted octanol–water partition coefficient (Wildman–Crippen LogP) is 2.83. The number of esters is 2. The number of allylic oxidation sites excluding steroid dienone is 1. The van der Waals surface area contributed by atoms with Gasteiger partial charge in [0.05, 0.1) is 23.9 Å². The molecule has 8 heteroatoms. The number of rotatable bonds is 4. The minimum Gasteiger partial charge on any atom is -0.463 e. The van der Waals surface area contributed by atoms with E-state index >= 15 is 0 Å². The van der Waals surface area contributed by atoms with Gasteiger partial charge in [0.1, 0.15) is 5.75 Å². The lowest BCUT2D eigenvalue weighted by Gasteiger charge is -2.38. The molecule has 7 nitrogen and oxygen atoms in total. The number of carbonyl (C=O) groups is 3. The van der Waals surface area contributed by atoms with Gasteiger partial charge in [0, 0.05) is 19.1 Å². The average Bonchev–Trinajstić information content (AvgIpc) is 2.61. The Labute approximate surface area is 161 Å². The molecule has 0 bridgehead atoms. The van der Waals surface area contributed by atoms with E-state index in [-0.39, 0.29) is 12.5 Å². The Balaban J connectivity index is 2.06. The van der Waals surface area contributed by atoms with Crippen molar-refractivity contribution < 1.29 is 23.9 Å². The molecule has 0 saturated carbocycles. The number of aliphatic imine (C=N–C) groups is 1. The van der Waals surface area contributed by atoms with Crippen molar-refractivity contribution in [3.8, 4) is 5.75 Å². The molecule has 0 aliphatic carbocycles. The molecule has 1 aromatic carbocycles. The summed E-state index contributed by atoms with van der Waals surface area (Å²) in [5.41, 5.74) is 1.60. The Kier molecular flexibility index (Phi) is 5.65. The predicted molar refractivity (Wildman–Crippen MR) is 101 cm³/mol. The molecule has 2 aliphatic rings. The van der Waals surface area contributed by atoms with Crippen LogP contribution in [0.5, 0.6) is 5.75 Å². The highest BCUT2D eigenvalue weighted by atomic mass is 32.2. The van der Waals surface area contributed by atoms with Crippen molar-refractivity contribution in [1.29, 1.82) is 0 Å². The van der Waals surface area contributed by atoms with Crippen molar-refractivity contribution in [3.05, 3.63) is 41.1 Å². The summed E-state index contributed by atoms with van der Waals surface area (Å²) in [6, 6.07) is 6.14. The molecule has 0 spiro atoms. The first-order valence-corrected chi connectivity index (χ1v) is 9.60. The van der Waals surface area contributed by atoms with Crippen molar-refractivity contribution in [3.63, 3.8) is 0 Å². The van der Waals surface area contributed by atoms with E-state index in [1.165, 1.54) is 18.7 Å². The van der Waals surface area contributed by atoms with E-state index in [9.17, 15) is 14.4 Å². The van der Waals surface area contributed by atoms with Crippen LogP contribution in [-0.4, -0.2) is 40.3 Å². The van der Waals surface area contributed by atoms with Crippen LogP contribution >= 0.6 is 11.8 Å². The van der Waals surface area contributed by atoms with Crippen molar-refractivity contribution in [2.75, 3.05) is 12.4 Å². The number of amidine groups is 1. The third kappa shape index (κ3) is 3.90. The van der Waals surface area contributed by atoms with Gasteiger partial charge in [-0.1, -0.05) is 23.9 Å². The van der Waals surface area contributed by atoms with Gasteiger partial charge < -0.3 is 9.47 Å². The largest absolute Gasteiger partial charge is 0.463 e. The van der Waals surface area contributed by atoms with Crippen LogP contribution in [0.25, 0.3) is 0 Å². The van der Waals surface area contributed by atoms with Gasteiger partial charge >= 0.3 is 11.9 Å². The van der Waals surface area contributed by atoms with Gasteiger partial charge in [-0.2, -0.15) is 0 Å². The Morgan fingerprint density at radius 2 is 2.00 bits per heavy atom. The van der Waals surface area contributed by atoms with Crippen LogP contribution in [0.3, 0.4) is 0 Å². The molecule has 27 heavy (non-hydrogen) atoms. The monoisotopic (exact) mass is 388 g/mol. The molecule has 2 heterocycles. The summed E-state index contributed by atoms with van der Waals surface area (Å²) in [4.78, 5) is 42.4. The minimum absolute atomic E-state index is 0.0872. The summed E-state index contributed by atoms with van der Waals surface area (Å²) < 4.78 is 10.3. The van der Waals surface area contributed by atoms with E-state index in [2.05, 4.69) is 4.99 Å². The fourth-order valence-electron chi connectivity index (χ4n) is 3.07. The minimum atomic E-state index is -0.622. The molecular weight excluding hydrogens is 368 g/mol. The quantitative estimate of drug-likeness (QED) is 0.582. The number of hydrogen-bond donors (Lipinski definition) is 0. The topological polar surface area (TPSA) is 85.3 Å². The maximum atomic E-state index is 12.6. The molecule has 0 aromatic heterocycles. The lowest BCUT2D eigenvalue weighted by Crippen LogP contribution is -2.45. The summed E-state index contributed by atoms with van der Waals surface area (Å²) in [5, 5.41) is 0.589. The van der Waals surface area contributed by atoms with Gasteiger partial charge in [-0.05, 0) is 31.5 Å². The van der Waals surface area contributed by atoms with Crippen LogP contribution in [0.2, 0.25) is 0 Å². The maximum Gasteiger partial charge on any atom is 0.338 e. The van der Waals surface area contributed by atoms with Crippen LogP contribution in [0, 0.1) is 0 Å². The van der Waals surface area contributed by atoms with Gasteiger partial charge in [0.2, 0.25) is 5.91 Å². The summed E-state index contributed by atoms with van der Waals surface area (Å²) in [7, 11) is 0.